The topological polar surface area (TPSA) is 49.3 Å². The standard InChI is InChI=1S/C21H18BrNO2/c1-14-5-6-15(13-23-19-4-2-3-18(22)12-19)11-20(14)16-7-9-17(10-8-16)21(24)25/h2-12,23H,13H2,1H3,(H,24,25). The molecule has 0 saturated heterocycles. The minimum atomic E-state index is -0.907. The first-order valence-electron chi connectivity index (χ1n) is 7.95. The first-order valence-corrected chi connectivity index (χ1v) is 8.75. The molecule has 0 saturated carbocycles. The van der Waals surface area contributed by atoms with Crippen LogP contribution in [-0.2, 0) is 6.54 Å². The summed E-state index contributed by atoms with van der Waals surface area (Å²) in [5, 5.41) is 12.4. The number of benzene rings is 3. The van der Waals surface area contributed by atoms with Crippen LogP contribution < -0.4 is 5.32 Å². The van der Waals surface area contributed by atoms with Gasteiger partial charge in [0.15, 0.2) is 0 Å². The van der Waals surface area contributed by atoms with Gasteiger partial charge < -0.3 is 10.4 Å². The molecule has 0 aliphatic heterocycles. The van der Waals surface area contributed by atoms with Gasteiger partial charge in [-0.05, 0) is 65.6 Å². The molecule has 0 radical (unpaired) electrons. The van der Waals surface area contributed by atoms with E-state index in [2.05, 4.69) is 46.4 Å². The van der Waals surface area contributed by atoms with Gasteiger partial charge in [0.25, 0.3) is 0 Å². The lowest BCUT2D eigenvalue weighted by atomic mass is 9.97. The van der Waals surface area contributed by atoms with Crippen molar-refractivity contribution in [3.63, 3.8) is 0 Å². The minimum absolute atomic E-state index is 0.300. The fraction of sp³-hybridized carbons (Fsp3) is 0.0952. The Bertz CT molecular complexity index is 904. The second-order valence-corrected chi connectivity index (χ2v) is 6.81. The lowest BCUT2D eigenvalue weighted by Crippen LogP contribution is -2.00. The van der Waals surface area contributed by atoms with E-state index in [0.29, 0.717) is 5.56 Å². The first kappa shape index (κ1) is 17.2. The molecule has 3 aromatic carbocycles. The summed E-state index contributed by atoms with van der Waals surface area (Å²) in [6.07, 6.45) is 0. The summed E-state index contributed by atoms with van der Waals surface area (Å²) in [4.78, 5) is 11.0. The molecule has 0 aliphatic carbocycles. The van der Waals surface area contributed by atoms with E-state index in [0.717, 1.165) is 33.4 Å². The maximum absolute atomic E-state index is 11.0. The van der Waals surface area contributed by atoms with Gasteiger partial charge in [-0.2, -0.15) is 0 Å². The van der Waals surface area contributed by atoms with E-state index in [1.54, 1.807) is 12.1 Å². The number of anilines is 1. The van der Waals surface area contributed by atoms with Crippen molar-refractivity contribution in [2.75, 3.05) is 5.32 Å². The van der Waals surface area contributed by atoms with Crippen LogP contribution in [0.1, 0.15) is 21.5 Å². The molecule has 126 valence electrons. The van der Waals surface area contributed by atoms with Crippen molar-refractivity contribution in [3.05, 3.63) is 87.9 Å². The van der Waals surface area contributed by atoms with Crippen molar-refractivity contribution in [1.82, 2.24) is 0 Å². The van der Waals surface area contributed by atoms with E-state index in [1.165, 1.54) is 5.56 Å². The Morgan fingerprint density at radius 1 is 1.04 bits per heavy atom. The van der Waals surface area contributed by atoms with Crippen molar-refractivity contribution in [2.24, 2.45) is 0 Å². The third kappa shape index (κ3) is 4.28. The number of hydrogen-bond acceptors (Lipinski definition) is 2. The summed E-state index contributed by atoms with van der Waals surface area (Å²) in [6, 6.07) is 21.4. The zero-order valence-corrected chi connectivity index (χ0v) is 15.4. The molecule has 0 atom stereocenters. The highest BCUT2D eigenvalue weighted by Crippen LogP contribution is 2.26. The molecule has 3 aromatic rings. The number of rotatable bonds is 5. The molecular formula is C21H18BrNO2. The molecule has 3 nitrogen and oxygen atoms in total. The van der Waals surface area contributed by atoms with E-state index < -0.39 is 5.97 Å². The van der Waals surface area contributed by atoms with Crippen LogP contribution >= 0.6 is 15.9 Å². The summed E-state index contributed by atoms with van der Waals surface area (Å²) in [5.74, 6) is -0.907. The van der Waals surface area contributed by atoms with E-state index in [4.69, 9.17) is 5.11 Å². The lowest BCUT2D eigenvalue weighted by molar-refractivity contribution is 0.0697. The molecule has 0 amide bonds. The van der Waals surface area contributed by atoms with Gasteiger partial charge in [0.1, 0.15) is 0 Å². The number of aryl methyl sites for hydroxylation is 1. The molecule has 3 rings (SSSR count). The predicted molar refractivity (Wildman–Crippen MR) is 105 cm³/mol. The largest absolute Gasteiger partial charge is 0.478 e. The van der Waals surface area contributed by atoms with Gasteiger partial charge in [0, 0.05) is 16.7 Å². The van der Waals surface area contributed by atoms with E-state index >= 15 is 0 Å². The van der Waals surface area contributed by atoms with Crippen molar-refractivity contribution >= 4 is 27.6 Å². The van der Waals surface area contributed by atoms with Crippen LogP contribution in [0.3, 0.4) is 0 Å². The van der Waals surface area contributed by atoms with Crippen LogP contribution in [0.2, 0.25) is 0 Å². The highest BCUT2D eigenvalue weighted by Gasteiger charge is 2.06. The highest BCUT2D eigenvalue weighted by atomic mass is 79.9. The predicted octanol–water partition coefficient (Wildman–Crippen LogP) is 5.73. The van der Waals surface area contributed by atoms with Gasteiger partial charge >= 0.3 is 5.97 Å². The second-order valence-electron chi connectivity index (χ2n) is 5.90. The van der Waals surface area contributed by atoms with Gasteiger partial charge in [-0.3, -0.25) is 0 Å². The fourth-order valence-electron chi connectivity index (χ4n) is 2.69. The number of carboxylic acid groups (broad SMARTS) is 1. The van der Waals surface area contributed by atoms with E-state index in [1.807, 2.05) is 36.4 Å². The van der Waals surface area contributed by atoms with E-state index in [9.17, 15) is 4.79 Å². The van der Waals surface area contributed by atoms with Gasteiger partial charge in [-0.1, -0.05) is 46.3 Å². The van der Waals surface area contributed by atoms with Crippen molar-refractivity contribution in [3.8, 4) is 11.1 Å². The van der Waals surface area contributed by atoms with Crippen LogP contribution in [-0.4, -0.2) is 11.1 Å². The molecule has 0 aliphatic rings. The maximum Gasteiger partial charge on any atom is 0.335 e. The third-order valence-corrected chi connectivity index (χ3v) is 4.56. The monoisotopic (exact) mass is 395 g/mol. The SMILES string of the molecule is Cc1ccc(CNc2cccc(Br)c2)cc1-c1ccc(C(=O)O)cc1. The molecule has 0 heterocycles. The van der Waals surface area contributed by atoms with Gasteiger partial charge in [0.05, 0.1) is 5.56 Å². The molecule has 0 aromatic heterocycles. The van der Waals surface area contributed by atoms with Crippen molar-refractivity contribution < 1.29 is 9.90 Å². The van der Waals surface area contributed by atoms with Gasteiger partial charge in [0.2, 0.25) is 0 Å². The Morgan fingerprint density at radius 2 is 1.80 bits per heavy atom. The van der Waals surface area contributed by atoms with Crippen LogP contribution in [0.5, 0.6) is 0 Å². The van der Waals surface area contributed by atoms with Crippen LogP contribution in [0.15, 0.2) is 71.2 Å². The molecule has 25 heavy (non-hydrogen) atoms. The molecule has 0 unspecified atom stereocenters. The normalized spacial score (nSPS) is 10.5. The average Bonchev–Trinajstić information content (AvgIpc) is 2.61. The Hall–Kier alpha value is -2.59. The maximum atomic E-state index is 11.0. The summed E-state index contributed by atoms with van der Waals surface area (Å²) in [5.41, 5.74) is 5.82. The minimum Gasteiger partial charge on any atom is -0.478 e. The number of hydrogen-bond donors (Lipinski definition) is 2. The van der Waals surface area contributed by atoms with Crippen LogP contribution in [0.25, 0.3) is 11.1 Å². The van der Waals surface area contributed by atoms with Gasteiger partial charge in [-0.25, -0.2) is 4.79 Å². The van der Waals surface area contributed by atoms with Crippen LogP contribution in [0, 0.1) is 6.92 Å². The number of halogens is 1. The van der Waals surface area contributed by atoms with Crippen molar-refractivity contribution in [1.29, 1.82) is 0 Å². The molecule has 0 bridgehead atoms. The zero-order valence-electron chi connectivity index (χ0n) is 13.8. The molecule has 2 N–H and O–H groups in total. The highest BCUT2D eigenvalue weighted by molar-refractivity contribution is 9.10. The quantitative estimate of drug-likeness (QED) is 0.579. The van der Waals surface area contributed by atoms with Gasteiger partial charge in [-0.15, -0.1) is 0 Å². The number of carboxylic acids is 1. The summed E-state index contributed by atoms with van der Waals surface area (Å²) < 4.78 is 1.04. The Kier molecular flexibility index (Phi) is 5.19. The Balaban J connectivity index is 1.81. The number of aromatic carboxylic acids is 1. The first-order chi connectivity index (χ1) is 12.0. The summed E-state index contributed by atoms with van der Waals surface area (Å²) in [6.45, 7) is 2.78. The molecule has 0 fully saturated rings. The molecule has 4 heteroatoms. The molecule has 0 spiro atoms. The second kappa shape index (κ2) is 7.53. The Labute approximate surface area is 155 Å². The smallest absolute Gasteiger partial charge is 0.335 e. The average molecular weight is 396 g/mol. The Morgan fingerprint density at radius 3 is 2.48 bits per heavy atom. The fourth-order valence-corrected chi connectivity index (χ4v) is 3.08. The summed E-state index contributed by atoms with van der Waals surface area (Å²) in [7, 11) is 0. The van der Waals surface area contributed by atoms with E-state index in [-0.39, 0.29) is 0 Å². The van der Waals surface area contributed by atoms with Crippen molar-refractivity contribution in [2.45, 2.75) is 13.5 Å². The summed E-state index contributed by atoms with van der Waals surface area (Å²) >= 11 is 3.47. The lowest BCUT2D eigenvalue weighted by Gasteiger charge is -2.11. The number of carbonyl (C=O) groups is 1. The van der Waals surface area contributed by atoms with Crippen LogP contribution in [0.4, 0.5) is 5.69 Å². The number of nitrogens with one attached hydrogen (secondary N) is 1. The molecular weight excluding hydrogens is 378 g/mol. The zero-order chi connectivity index (χ0) is 17.8. The third-order valence-electron chi connectivity index (χ3n) is 4.07.